The average molecular weight is 280 g/mol. The van der Waals surface area contributed by atoms with Gasteiger partial charge in [0.1, 0.15) is 11.6 Å². The largest absolute Gasteiger partial charge is 0.492 e. The fraction of sp³-hybridized carbons (Fsp3) is 0.357. The maximum Gasteiger partial charge on any atom is 0.142 e. The number of nitrogens with one attached hydrogen (secondary N) is 1. The minimum Gasteiger partial charge on any atom is -0.492 e. The van der Waals surface area contributed by atoms with Crippen LogP contribution in [0.15, 0.2) is 30.6 Å². The fourth-order valence-electron chi connectivity index (χ4n) is 1.89. The fourth-order valence-corrected chi connectivity index (χ4v) is 2.06. The monoisotopic (exact) mass is 279 g/mol. The molecule has 0 bridgehead atoms. The Morgan fingerprint density at radius 3 is 2.95 bits per heavy atom. The van der Waals surface area contributed by atoms with Gasteiger partial charge in [-0.3, -0.25) is 0 Å². The third-order valence-electron chi connectivity index (χ3n) is 2.82. The van der Waals surface area contributed by atoms with Crippen LogP contribution in [0.4, 0.5) is 5.69 Å². The van der Waals surface area contributed by atoms with Gasteiger partial charge in [0, 0.05) is 24.0 Å². The molecule has 0 aliphatic rings. The summed E-state index contributed by atoms with van der Waals surface area (Å²) in [6.07, 6.45) is 3.78. The molecule has 4 nitrogen and oxygen atoms in total. The zero-order chi connectivity index (χ0) is 13.7. The van der Waals surface area contributed by atoms with Crippen molar-refractivity contribution in [3.63, 3.8) is 0 Å². The van der Waals surface area contributed by atoms with E-state index in [1.165, 1.54) is 0 Å². The maximum atomic E-state index is 6.02. The molecular weight excluding hydrogens is 262 g/mol. The van der Waals surface area contributed by atoms with E-state index in [2.05, 4.69) is 21.8 Å². The van der Waals surface area contributed by atoms with Gasteiger partial charge in [-0.25, -0.2) is 4.98 Å². The van der Waals surface area contributed by atoms with Crippen LogP contribution in [0.25, 0.3) is 0 Å². The van der Waals surface area contributed by atoms with Crippen LogP contribution in [-0.2, 0) is 13.1 Å². The Morgan fingerprint density at radius 2 is 2.21 bits per heavy atom. The molecule has 0 aliphatic heterocycles. The number of anilines is 1. The van der Waals surface area contributed by atoms with Crippen molar-refractivity contribution in [1.82, 2.24) is 9.55 Å². The molecule has 0 saturated carbocycles. The topological polar surface area (TPSA) is 39.1 Å². The average Bonchev–Trinajstić information content (AvgIpc) is 2.86. The van der Waals surface area contributed by atoms with Crippen molar-refractivity contribution in [3.8, 4) is 5.75 Å². The Morgan fingerprint density at radius 1 is 1.37 bits per heavy atom. The van der Waals surface area contributed by atoms with Gasteiger partial charge in [0.2, 0.25) is 0 Å². The standard InChI is InChI=1S/C14H18ClN3O/c1-3-18-8-7-16-14(18)10-17-12-9-11(15)5-6-13(12)19-4-2/h5-9,17H,3-4,10H2,1-2H3. The number of ether oxygens (including phenoxy) is 1. The van der Waals surface area contributed by atoms with Crippen LogP contribution in [0.5, 0.6) is 5.75 Å². The third kappa shape index (κ3) is 3.41. The first-order valence-electron chi connectivity index (χ1n) is 6.40. The summed E-state index contributed by atoms with van der Waals surface area (Å²) in [5.41, 5.74) is 0.889. The Labute approximate surface area is 118 Å². The lowest BCUT2D eigenvalue weighted by atomic mass is 10.3. The number of hydrogen-bond acceptors (Lipinski definition) is 3. The molecule has 2 aromatic rings. The normalized spacial score (nSPS) is 10.5. The smallest absolute Gasteiger partial charge is 0.142 e. The molecule has 0 aliphatic carbocycles. The molecular formula is C14H18ClN3O. The van der Waals surface area contributed by atoms with Crippen LogP contribution >= 0.6 is 11.6 Å². The van der Waals surface area contributed by atoms with Crippen LogP contribution < -0.4 is 10.1 Å². The van der Waals surface area contributed by atoms with Crippen molar-refractivity contribution in [1.29, 1.82) is 0 Å². The third-order valence-corrected chi connectivity index (χ3v) is 3.06. The number of benzene rings is 1. The Bertz CT molecular complexity index is 539. The molecule has 2 rings (SSSR count). The predicted molar refractivity (Wildman–Crippen MR) is 77.8 cm³/mol. The molecule has 0 atom stereocenters. The SMILES string of the molecule is CCOc1ccc(Cl)cc1NCc1nccn1CC. The van der Waals surface area contributed by atoms with Gasteiger partial charge in [-0.15, -0.1) is 0 Å². The second-order valence-corrected chi connectivity index (χ2v) is 4.49. The zero-order valence-corrected chi connectivity index (χ0v) is 11.9. The summed E-state index contributed by atoms with van der Waals surface area (Å²) < 4.78 is 7.67. The quantitative estimate of drug-likeness (QED) is 0.879. The first kappa shape index (κ1) is 13.7. The highest BCUT2D eigenvalue weighted by Gasteiger charge is 2.06. The molecule has 0 spiro atoms. The summed E-state index contributed by atoms with van der Waals surface area (Å²) in [5, 5.41) is 4.01. The molecule has 1 aromatic heterocycles. The highest BCUT2D eigenvalue weighted by atomic mass is 35.5. The Hall–Kier alpha value is -1.68. The van der Waals surface area contributed by atoms with Gasteiger partial charge in [-0.05, 0) is 32.0 Å². The van der Waals surface area contributed by atoms with E-state index in [9.17, 15) is 0 Å². The Kier molecular flexibility index (Phi) is 4.68. The number of imidazole rings is 1. The molecule has 0 fully saturated rings. The van der Waals surface area contributed by atoms with Crippen molar-refractivity contribution in [3.05, 3.63) is 41.4 Å². The molecule has 1 heterocycles. The summed E-state index contributed by atoms with van der Waals surface area (Å²) in [7, 11) is 0. The lowest BCUT2D eigenvalue weighted by Crippen LogP contribution is -2.08. The van der Waals surface area contributed by atoms with Gasteiger partial charge >= 0.3 is 0 Å². The van der Waals surface area contributed by atoms with E-state index in [0.717, 1.165) is 23.8 Å². The molecule has 0 unspecified atom stereocenters. The summed E-state index contributed by atoms with van der Waals surface area (Å²) >= 11 is 6.02. The summed E-state index contributed by atoms with van der Waals surface area (Å²) in [6, 6.07) is 5.57. The predicted octanol–water partition coefficient (Wildman–Crippen LogP) is 3.57. The molecule has 19 heavy (non-hydrogen) atoms. The van der Waals surface area contributed by atoms with E-state index < -0.39 is 0 Å². The van der Waals surface area contributed by atoms with Crippen molar-refractivity contribution >= 4 is 17.3 Å². The minimum absolute atomic E-state index is 0.625. The van der Waals surface area contributed by atoms with Gasteiger partial charge < -0.3 is 14.6 Å². The lowest BCUT2D eigenvalue weighted by Gasteiger charge is -2.13. The van der Waals surface area contributed by atoms with Gasteiger partial charge in [-0.2, -0.15) is 0 Å². The van der Waals surface area contributed by atoms with Gasteiger partial charge in [0.15, 0.2) is 0 Å². The first-order chi connectivity index (χ1) is 9.24. The number of halogens is 1. The van der Waals surface area contributed by atoms with Crippen molar-refractivity contribution in [2.24, 2.45) is 0 Å². The maximum absolute atomic E-state index is 6.02. The second kappa shape index (κ2) is 6.48. The summed E-state index contributed by atoms with van der Waals surface area (Å²) in [4.78, 5) is 4.33. The molecule has 0 saturated heterocycles. The number of aryl methyl sites for hydroxylation is 1. The van der Waals surface area contributed by atoms with Crippen molar-refractivity contribution in [2.45, 2.75) is 26.9 Å². The van der Waals surface area contributed by atoms with Crippen LogP contribution in [-0.4, -0.2) is 16.2 Å². The number of rotatable bonds is 6. The second-order valence-electron chi connectivity index (χ2n) is 4.06. The highest BCUT2D eigenvalue weighted by molar-refractivity contribution is 6.30. The number of nitrogens with zero attached hydrogens (tertiary/aromatic N) is 2. The van der Waals surface area contributed by atoms with Crippen LogP contribution in [0.2, 0.25) is 5.02 Å². The molecule has 1 N–H and O–H groups in total. The minimum atomic E-state index is 0.625. The zero-order valence-electron chi connectivity index (χ0n) is 11.2. The molecule has 0 amide bonds. The molecule has 0 radical (unpaired) electrons. The summed E-state index contributed by atoms with van der Waals surface area (Å²) in [6.45, 7) is 6.23. The molecule has 102 valence electrons. The molecule has 1 aromatic carbocycles. The number of aromatic nitrogens is 2. The van der Waals surface area contributed by atoms with E-state index in [-0.39, 0.29) is 0 Å². The van der Waals surface area contributed by atoms with E-state index >= 15 is 0 Å². The van der Waals surface area contributed by atoms with Crippen LogP contribution in [0.1, 0.15) is 19.7 Å². The van der Waals surface area contributed by atoms with Gasteiger partial charge in [-0.1, -0.05) is 11.6 Å². The van der Waals surface area contributed by atoms with E-state index in [4.69, 9.17) is 16.3 Å². The van der Waals surface area contributed by atoms with Crippen LogP contribution in [0, 0.1) is 0 Å². The van der Waals surface area contributed by atoms with Gasteiger partial charge in [0.05, 0.1) is 18.8 Å². The first-order valence-corrected chi connectivity index (χ1v) is 6.78. The van der Waals surface area contributed by atoms with Gasteiger partial charge in [0.25, 0.3) is 0 Å². The summed E-state index contributed by atoms with van der Waals surface area (Å²) in [5.74, 6) is 1.80. The Balaban J connectivity index is 2.12. The van der Waals surface area contributed by atoms with Crippen molar-refractivity contribution in [2.75, 3.05) is 11.9 Å². The number of hydrogen-bond donors (Lipinski definition) is 1. The van der Waals surface area contributed by atoms with E-state index in [0.29, 0.717) is 18.2 Å². The lowest BCUT2D eigenvalue weighted by molar-refractivity contribution is 0.341. The van der Waals surface area contributed by atoms with Crippen LogP contribution in [0.3, 0.4) is 0 Å². The van der Waals surface area contributed by atoms with Crippen molar-refractivity contribution < 1.29 is 4.74 Å². The molecule has 5 heteroatoms. The van der Waals surface area contributed by atoms with E-state index in [1.54, 1.807) is 0 Å². The van der Waals surface area contributed by atoms with E-state index in [1.807, 2.05) is 37.5 Å². The highest BCUT2D eigenvalue weighted by Crippen LogP contribution is 2.28.